The monoisotopic (exact) mass is 307 g/mol. The van der Waals surface area contributed by atoms with Gasteiger partial charge in [-0.25, -0.2) is 8.78 Å². The molecule has 0 unspecified atom stereocenters. The number of benzene rings is 1. The zero-order chi connectivity index (χ0) is 15.1. The van der Waals surface area contributed by atoms with E-state index in [1.165, 1.54) is 6.20 Å². The van der Waals surface area contributed by atoms with Gasteiger partial charge in [-0.1, -0.05) is 11.8 Å². The molecule has 0 saturated heterocycles. The molecule has 0 atom stereocenters. The van der Waals surface area contributed by atoms with Gasteiger partial charge in [0.1, 0.15) is 24.0 Å². The lowest BCUT2D eigenvalue weighted by Gasteiger charge is -2.07. The average Bonchev–Trinajstić information content (AvgIpc) is 2.49. The minimum atomic E-state index is -0.512. The minimum absolute atomic E-state index is 0.0795. The highest BCUT2D eigenvalue weighted by atomic mass is 35.5. The molecule has 0 bridgehead atoms. The molecule has 0 spiro atoms. The molecule has 1 aromatic carbocycles. The van der Waals surface area contributed by atoms with Crippen molar-refractivity contribution < 1.29 is 13.5 Å². The smallest absolute Gasteiger partial charge is 0.139 e. The van der Waals surface area contributed by atoms with Crippen LogP contribution in [0.3, 0.4) is 0 Å². The number of hydrogen-bond donors (Lipinski definition) is 0. The Balaban J connectivity index is 2.05. The summed E-state index contributed by atoms with van der Waals surface area (Å²) in [6.07, 6.45) is 3.67. The molecule has 0 N–H and O–H groups in total. The van der Waals surface area contributed by atoms with E-state index in [0.29, 0.717) is 23.6 Å². The minimum Gasteiger partial charge on any atom is -0.487 e. The molecule has 2 aromatic rings. The van der Waals surface area contributed by atoms with Crippen molar-refractivity contribution >= 4 is 11.6 Å². The van der Waals surface area contributed by atoms with Crippen molar-refractivity contribution in [3.05, 3.63) is 59.4 Å². The fourth-order valence-corrected chi connectivity index (χ4v) is 1.69. The summed E-state index contributed by atoms with van der Waals surface area (Å²) in [4.78, 5) is 3.99. The van der Waals surface area contributed by atoms with Crippen molar-refractivity contribution in [2.24, 2.45) is 0 Å². The molecule has 0 aliphatic rings. The van der Waals surface area contributed by atoms with Crippen LogP contribution in [-0.2, 0) is 6.61 Å². The predicted molar refractivity (Wildman–Crippen MR) is 77.1 cm³/mol. The number of alkyl halides is 1. The van der Waals surface area contributed by atoms with E-state index in [4.69, 9.17) is 16.3 Å². The summed E-state index contributed by atoms with van der Waals surface area (Å²) in [6, 6.07) is 4.92. The number of ether oxygens (including phenoxy) is 1. The van der Waals surface area contributed by atoms with Gasteiger partial charge >= 0.3 is 0 Å². The number of rotatable bonds is 4. The number of pyridine rings is 1. The first kappa shape index (κ1) is 15.3. The maximum absolute atomic E-state index is 13.5. The van der Waals surface area contributed by atoms with E-state index in [0.717, 1.165) is 18.2 Å². The molecule has 1 heterocycles. The Labute approximate surface area is 126 Å². The Bertz CT molecular complexity index is 679. The molecule has 0 aliphatic carbocycles. The molecular weight excluding hydrogens is 296 g/mol. The van der Waals surface area contributed by atoms with Crippen LogP contribution in [0.1, 0.15) is 17.5 Å². The van der Waals surface area contributed by atoms with E-state index in [-0.39, 0.29) is 12.2 Å². The van der Waals surface area contributed by atoms with Crippen LogP contribution < -0.4 is 4.74 Å². The quantitative estimate of drug-likeness (QED) is 0.631. The van der Waals surface area contributed by atoms with Crippen molar-refractivity contribution in [2.75, 3.05) is 5.88 Å². The van der Waals surface area contributed by atoms with Gasteiger partial charge in [0, 0.05) is 29.6 Å². The lowest BCUT2D eigenvalue weighted by molar-refractivity contribution is 0.298. The largest absolute Gasteiger partial charge is 0.487 e. The van der Waals surface area contributed by atoms with E-state index >= 15 is 0 Å². The van der Waals surface area contributed by atoms with Crippen LogP contribution in [0, 0.1) is 23.5 Å². The lowest BCUT2D eigenvalue weighted by atomic mass is 10.2. The summed E-state index contributed by atoms with van der Waals surface area (Å²) in [5.74, 6) is 5.67. The third kappa shape index (κ3) is 4.73. The highest BCUT2D eigenvalue weighted by Crippen LogP contribution is 2.15. The second-order valence-electron chi connectivity index (χ2n) is 4.17. The van der Waals surface area contributed by atoms with Crippen LogP contribution in [0.4, 0.5) is 8.78 Å². The standard InChI is InChI=1S/C16H12ClF2NO/c17-6-2-1-3-12-7-15(10-20-9-12)21-11-13-8-14(18)4-5-16(13)19/h4-5,7-10H,2,6,11H2. The predicted octanol–water partition coefficient (Wildman–Crippen LogP) is 3.92. The number of hydrogen-bond acceptors (Lipinski definition) is 2. The Kier molecular flexibility index (Phi) is 5.53. The van der Waals surface area contributed by atoms with Gasteiger partial charge in [-0.3, -0.25) is 4.98 Å². The number of halogens is 3. The average molecular weight is 308 g/mol. The summed E-state index contributed by atoms with van der Waals surface area (Å²) in [5.41, 5.74) is 0.825. The van der Waals surface area contributed by atoms with Crippen molar-refractivity contribution in [1.29, 1.82) is 0 Å². The summed E-state index contributed by atoms with van der Waals surface area (Å²) >= 11 is 5.54. The van der Waals surface area contributed by atoms with E-state index < -0.39 is 11.6 Å². The zero-order valence-corrected chi connectivity index (χ0v) is 11.8. The third-order valence-corrected chi connectivity index (χ3v) is 2.76. The van der Waals surface area contributed by atoms with Crippen LogP contribution in [-0.4, -0.2) is 10.9 Å². The Hall–Kier alpha value is -2.12. The van der Waals surface area contributed by atoms with Crippen LogP contribution in [0.15, 0.2) is 36.7 Å². The number of nitrogens with zero attached hydrogens (tertiary/aromatic N) is 1. The highest BCUT2D eigenvalue weighted by molar-refractivity contribution is 6.18. The van der Waals surface area contributed by atoms with Gasteiger partial charge in [0.15, 0.2) is 0 Å². The van der Waals surface area contributed by atoms with Gasteiger partial charge < -0.3 is 4.74 Å². The molecule has 108 valence electrons. The van der Waals surface area contributed by atoms with Crippen molar-refractivity contribution in [1.82, 2.24) is 4.98 Å². The molecular formula is C16H12ClF2NO. The van der Waals surface area contributed by atoms with Gasteiger partial charge in [0.25, 0.3) is 0 Å². The van der Waals surface area contributed by atoms with Crippen molar-refractivity contribution in [3.63, 3.8) is 0 Å². The Morgan fingerprint density at radius 1 is 1.19 bits per heavy atom. The van der Waals surface area contributed by atoms with E-state index in [2.05, 4.69) is 16.8 Å². The fourth-order valence-electron chi connectivity index (χ4n) is 1.59. The lowest BCUT2D eigenvalue weighted by Crippen LogP contribution is -2.00. The molecule has 0 radical (unpaired) electrons. The van der Waals surface area contributed by atoms with Gasteiger partial charge in [-0.2, -0.15) is 0 Å². The topological polar surface area (TPSA) is 22.1 Å². The van der Waals surface area contributed by atoms with E-state index in [9.17, 15) is 8.78 Å². The molecule has 2 nitrogen and oxygen atoms in total. The summed E-state index contributed by atoms with van der Waals surface area (Å²) in [6.45, 7) is -0.0795. The third-order valence-electron chi connectivity index (χ3n) is 2.57. The first-order valence-electron chi connectivity index (χ1n) is 6.25. The fraction of sp³-hybridized carbons (Fsp3) is 0.188. The normalized spacial score (nSPS) is 9.86. The molecule has 0 fully saturated rings. The Morgan fingerprint density at radius 2 is 2.05 bits per heavy atom. The molecule has 0 saturated carbocycles. The van der Waals surface area contributed by atoms with Gasteiger partial charge in [0.05, 0.1) is 6.20 Å². The maximum Gasteiger partial charge on any atom is 0.139 e. The van der Waals surface area contributed by atoms with Crippen molar-refractivity contribution in [3.8, 4) is 17.6 Å². The molecule has 0 aliphatic heterocycles. The summed E-state index contributed by atoms with van der Waals surface area (Å²) in [7, 11) is 0. The van der Waals surface area contributed by atoms with E-state index in [1.54, 1.807) is 12.3 Å². The highest BCUT2D eigenvalue weighted by Gasteiger charge is 2.05. The zero-order valence-electron chi connectivity index (χ0n) is 11.1. The summed E-state index contributed by atoms with van der Waals surface area (Å²) in [5, 5.41) is 0. The first-order valence-corrected chi connectivity index (χ1v) is 6.79. The molecule has 0 amide bonds. The SMILES string of the molecule is Fc1ccc(F)c(COc2cncc(C#CCCCl)c2)c1. The van der Waals surface area contributed by atoms with Crippen LogP contribution >= 0.6 is 11.6 Å². The van der Waals surface area contributed by atoms with Crippen LogP contribution in [0.5, 0.6) is 5.75 Å². The molecule has 2 rings (SSSR count). The molecule has 1 aromatic heterocycles. The van der Waals surface area contributed by atoms with Gasteiger partial charge in [-0.05, 0) is 24.3 Å². The van der Waals surface area contributed by atoms with Crippen LogP contribution in [0.25, 0.3) is 0 Å². The molecule has 5 heteroatoms. The van der Waals surface area contributed by atoms with Crippen LogP contribution in [0.2, 0.25) is 0 Å². The van der Waals surface area contributed by atoms with E-state index in [1.807, 2.05) is 0 Å². The Morgan fingerprint density at radius 3 is 2.86 bits per heavy atom. The second kappa shape index (κ2) is 7.61. The molecule has 21 heavy (non-hydrogen) atoms. The van der Waals surface area contributed by atoms with Gasteiger partial charge in [0.2, 0.25) is 0 Å². The number of aromatic nitrogens is 1. The van der Waals surface area contributed by atoms with Gasteiger partial charge in [-0.15, -0.1) is 11.6 Å². The second-order valence-corrected chi connectivity index (χ2v) is 4.55. The first-order chi connectivity index (χ1) is 10.2. The van der Waals surface area contributed by atoms with Crippen molar-refractivity contribution in [2.45, 2.75) is 13.0 Å². The summed E-state index contributed by atoms with van der Waals surface area (Å²) < 4.78 is 31.9. The maximum atomic E-state index is 13.5.